The monoisotopic (exact) mass is 211 g/mol. The molecule has 0 amide bonds. The molecule has 0 aliphatic heterocycles. The molecule has 1 N–H and O–H groups in total. The summed E-state index contributed by atoms with van der Waals surface area (Å²) in [5, 5.41) is 3.42. The Hall–Kier alpha value is -0.300. The Bertz CT molecular complexity index is 149. The molecule has 1 heteroatoms. The standard InChI is InChI=1S/C14H29N/c1-4-6-7-8-10-14(3)11-9-13-15-12-5-2/h11,15H,4-10,12-13H2,1-3H3. The van der Waals surface area contributed by atoms with Gasteiger partial charge in [0.1, 0.15) is 0 Å². The smallest absolute Gasteiger partial charge is 0.00142 e. The van der Waals surface area contributed by atoms with Crippen molar-refractivity contribution in [2.45, 2.75) is 65.7 Å². The summed E-state index contributed by atoms with van der Waals surface area (Å²) in [6, 6.07) is 0. The molecule has 0 aromatic carbocycles. The molecular weight excluding hydrogens is 182 g/mol. The Kier molecular flexibility index (Phi) is 11.5. The summed E-state index contributed by atoms with van der Waals surface area (Å²) in [5.74, 6) is 0. The molecule has 90 valence electrons. The van der Waals surface area contributed by atoms with Crippen LogP contribution in [0.25, 0.3) is 0 Å². The highest BCUT2D eigenvalue weighted by molar-refractivity contribution is 4.97. The van der Waals surface area contributed by atoms with Crippen molar-refractivity contribution in [2.75, 3.05) is 13.1 Å². The second kappa shape index (κ2) is 11.8. The predicted octanol–water partition coefficient (Wildman–Crippen LogP) is 4.29. The minimum atomic E-state index is 1.14. The van der Waals surface area contributed by atoms with Gasteiger partial charge in [-0.25, -0.2) is 0 Å². The molecule has 0 aromatic heterocycles. The van der Waals surface area contributed by atoms with Gasteiger partial charge in [0.15, 0.2) is 0 Å². The zero-order valence-corrected chi connectivity index (χ0v) is 10.9. The molecule has 0 rings (SSSR count). The van der Waals surface area contributed by atoms with Gasteiger partial charge in [0, 0.05) is 0 Å². The van der Waals surface area contributed by atoms with Crippen molar-refractivity contribution in [1.82, 2.24) is 5.32 Å². The van der Waals surface area contributed by atoms with E-state index >= 15 is 0 Å². The first kappa shape index (κ1) is 14.7. The third kappa shape index (κ3) is 11.6. The van der Waals surface area contributed by atoms with E-state index in [0.29, 0.717) is 0 Å². The third-order valence-electron chi connectivity index (χ3n) is 2.67. The van der Waals surface area contributed by atoms with Gasteiger partial charge in [0.05, 0.1) is 0 Å². The molecule has 0 aromatic rings. The number of nitrogens with one attached hydrogen (secondary N) is 1. The zero-order chi connectivity index (χ0) is 11.4. The van der Waals surface area contributed by atoms with Gasteiger partial charge in [0.2, 0.25) is 0 Å². The van der Waals surface area contributed by atoms with Gasteiger partial charge in [-0.15, -0.1) is 0 Å². The number of unbranched alkanes of at least 4 members (excludes halogenated alkanes) is 3. The largest absolute Gasteiger partial charge is 0.316 e. The maximum Gasteiger partial charge on any atom is -0.00142 e. The summed E-state index contributed by atoms with van der Waals surface area (Å²) in [7, 11) is 0. The van der Waals surface area contributed by atoms with E-state index in [9.17, 15) is 0 Å². The van der Waals surface area contributed by atoms with Gasteiger partial charge >= 0.3 is 0 Å². The first-order valence-corrected chi connectivity index (χ1v) is 6.67. The fraction of sp³-hybridized carbons (Fsp3) is 0.857. The van der Waals surface area contributed by atoms with Crippen LogP contribution >= 0.6 is 0 Å². The summed E-state index contributed by atoms with van der Waals surface area (Å²) >= 11 is 0. The predicted molar refractivity (Wildman–Crippen MR) is 70.3 cm³/mol. The van der Waals surface area contributed by atoms with Crippen molar-refractivity contribution in [1.29, 1.82) is 0 Å². The van der Waals surface area contributed by atoms with E-state index in [2.05, 4.69) is 32.2 Å². The molecule has 0 saturated carbocycles. The average molecular weight is 211 g/mol. The van der Waals surface area contributed by atoms with Crippen molar-refractivity contribution in [3.63, 3.8) is 0 Å². The van der Waals surface area contributed by atoms with Crippen LogP contribution in [0.4, 0.5) is 0 Å². The average Bonchev–Trinajstić information content (AvgIpc) is 2.24. The highest BCUT2D eigenvalue weighted by atomic mass is 14.8. The molecule has 0 bridgehead atoms. The van der Waals surface area contributed by atoms with Gasteiger partial charge in [-0.2, -0.15) is 0 Å². The molecule has 0 atom stereocenters. The normalized spacial score (nSPS) is 12.1. The molecule has 0 saturated heterocycles. The lowest BCUT2D eigenvalue weighted by molar-refractivity contribution is 0.657. The molecule has 15 heavy (non-hydrogen) atoms. The van der Waals surface area contributed by atoms with E-state index in [4.69, 9.17) is 0 Å². The lowest BCUT2D eigenvalue weighted by Gasteiger charge is -2.02. The molecule has 0 aliphatic carbocycles. The molecule has 0 spiro atoms. The van der Waals surface area contributed by atoms with Crippen molar-refractivity contribution >= 4 is 0 Å². The van der Waals surface area contributed by atoms with Crippen LogP contribution in [0.15, 0.2) is 11.6 Å². The van der Waals surface area contributed by atoms with Crippen LogP contribution in [0.5, 0.6) is 0 Å². The van der Waals surface area contributed by atoms with Gasteiger partial charge in [-0.1, -0.05) is 44.8 Å². The van der Waals surface area contributed by atoms with Gasteiger partial charge in [-0.05, 0) is 45.7 Å². The van der Waals surface area contributed by atoms with Crippen LogP contribution < -0.4 is 5.32 Å². The summed E-state index contributed by atoms with van der Waals surface area (Å²) < 4.78 is 0. The Morgan fingerprint density at radius 3 is 2.47 bits per heavy atom. The molecule has 0 heterocycles. The van der Waals surface area contributed by atoms with Gasteiger partial charge in [-0.3, -0.25) is 0 Å². The lowest BCUT2D eigenvalue weighted by atomic mass is 10.1. The number of hydrogen-bond acceptors (Lipinski definition) is 1. The van der Waals surface area contributed by atoms with E-state index in [1.54, 1.807) is 5.57 Å². The van der Waals surface area contributed by atoms with E-state index in [1.807, 2.05) is 0 Å². The summed E-state index contributed by atoms with van der Waals surface area (Å²) in [6.07, 6.45) is 11.6. The first-order chi connectivity index (χ1) is 7.31. The van der Waals surface area contributed by atoms with Crippen LogP contribution in [-0.2, 0) is 0 Å². The van der Waals surface area contributed by atoms with E-state index in [-0.39, 0.29) is 0 Å². The molecule has 0 radical (unpaired) electrons. The highest BCUT2D eigenvalue weighted by Gasteiger charge is 1.91. The summed E-state index contributed by atoms with van der Waals surface area (Å²) in [6.45, 7) is 9.04. The Morgan fingerprint density at radius 1 is 1.00 bits per heavy atom. The van der Waals surface area contributed by atoms with Crippen molar-refractivity contribution in [2.24, 2.45) is 0 Å². The Morgan fingerprint density at radius 2 is 1.80 bits per heavy atom. The fourth-order valence-corrected chi connectivity index (χ4v) is 1.66. The molecular formula is C14H29N. The quantitative estimate of drug-likeness (QED) is 0.420. The summed E-state index contributed by atoms with van der Waals surface area (Å²) in [5.41, 5.74) is 1.57. The number of allylic oxidation sites excluding steroid dienone is 1. The highest BCUT2D eigenvalue weighted by Crippen LogP contribution is 2.09. The Labute approximate surface area is 96.3 Å². The fourth-order valence-electron chi connectivity index (χ4n) is 1.66. The molecule has 0 aliphatic rings. The van der Waals surface area contributed by atoms with Crippen LogP contribution in [0.1, 0.15) is 65.7 Å². The maximum absolute atomic E-state index is 3.42. The first-order valence-electron chi connectivity index (χ1n) is 6.67. The van der Waals surface area contributed by atoms with Crippen LogP contribution in [0.2, 0.25) is 0 Å². The number of hydrogen-bond donors (Lipinski definition) is 1. The van der Waals surface area contributed by atoms with E-state index in [0.717, 1.165) is 13.1 Å². The van der Waals surface area contributed by atoms with Crippen molar-refractivity contribution < 1.29 is 0 Å². The zero-order valence-electron chi connectivity index (χ0n) is 10.9. The third-order valence-corrected chi connectivity index (χ3v) is 2.67. The van der Waals surface area contributed by atoms with Crippen LogP contribution in [0.3, 0.4) is 0 Å². The second-order valence-electron chi connectivity index (χ2n) is 4.40. The van der Waals surface area contributed by atoms with Gasteiger partial charge in [0.25, 0.3) is 0 Å². The maximum atomic E-state index is 3.42. The van der Waals surface area contributed by atoms with Crippen LogP contribution in [0, 0.1) is 0 Å². The Balaban J connectivity index is 3.27. The molecule has 0 unspecified atom stereocenters. The van der Waals surface area contributed by atoms with Crippen molar-refractivity contribution in [3.05, 3.63) is 11.6 Å². The summed E-state index contributed by atoms with van der Waals surface area (Å²) in [4.78, 5) is 0. The topological polar surface area (TPSA) is 12.0 Å². The minimum Gasteiger partial charge on any atom is -0.316 e. The second-order valence-corrected chi connectivity index (χ2v) is 4.40. The van der Waals surface area contributed by atoms with E-state index in [1.165, 1.54) is 44.9 Å². The van der Waals surface area contributed by atoms with Crippen LogP contribution in [-0.4, -0.2) is 13.1 Å². The van der Waals surface area contributed by atoms with E-state index < -0.39 is 0 Å². The molecule has 1 nitrogen and oxygen atoms in total. The van der Waals surface area contributed by atoms with Crippen molar-refractivity contribution in [3.8, 4) is 0 Å². The SMILES string of the molecule is CCCCCCC(C)=CCCNCCC. The molecule has 0 fully saturated rings. The minimum absolute atomic E-state index is 1.14. The lowest BCUT2D eigenvalue weighted by Crippen LogP contribution is -2.15. The number of rotatable bonds is 10. The van der Waals surface area contributed by atoms with Gasteiger partial charge < -0.3 is 5.32 Å².